The lowest BCUT2D eigenvalue weighted by atomic mass is 9.83. The lowest BCUT2D eigenvalue weighted by molar-refractivity contribution is -0.274. The Morgan fingerprint density at radius 2 is 1.76 bits per heavy atom. The van der Waals surface area contributed by atoms with Crippen molar-refractivity contribution in [3.8, 4) is 5.75 Å². The molecule has 0 aromatic heterocycles. The molecule has 116 valence electrons. The first-order valence-electron chi connectivity index (χ1n) is 7.24. The number of hydrogen-bond acceptors (Lipinski definition) is 2. The maximum atomic E-state index is 12.1. The molecule has 1 aromatic carbocycles. The molecular formula is C16H20F3NO. The molecule has 0 aliphatic heterocycles. The van der Waals surface area contributed by atoms with Gasteiger partial charge in [-0.25, -0.2) is 0 Å². The summed E-state index contributed by atoms with van der Waals surface area (Å²) in [5.41, 5.74) is 7.86. The first-order valence-corrected chi connectivity index (χ1v) is 7.24. The van der Waals surface area contributed by atoms with Crippen LogP contribution in [-0.4, -0.2) is 12.9 Å². The highest BCUT2D eigenvalue weighted by Crippen LogP contribution is 2.30. The molecular weight excluding hydrogens is 279 g/mol. The summed E-state index contributed by atoms with van der Waals surface area (Å²) in [6, 6.07) is 5.90. The summed E-state index contributed by atoms with van der Waals surface area (Å²) in [6.45, 7) is 0.492. The predicted molar refractivity (Wildman–Crippen MR) is 76.7 cm³/mol. The lowest BCUT2D eigenvalue weighted by Crippen LogP contribution is -2.17. The average Bonchev–Trinajstić information content (AvgIpc) is 2.46. The van der Waals surface area contributed by atoms with E-state index in [0.717, 1.165) is 18.4 Å². The number of alkyl halides is 3. The van der Waals surface area contributed by atoms with Crippen molar-refractivity contribution < 1.29 is 17.9 Å². The topological polar surface area (TPSA) is 35.2 Å². The van der Waals surface area contributed by atoms with E-state index in [9.17, 15) is 13.2 Å². The number of ether oxygens (including phenoxy) is 1. The zero-order valence-electron chi connectivity index (χ0n) is 11.8. The van der Waals surface area contributed by atoms with Gasteiger partial charge in [0.15, 0.2) is 0 Å². The molecule has 0 spiro atoms. The summed E-state index contributed by atoms with van der Waals surface area (Å²) in [6.07, 6.45) is 3.37. The van der Waals surface area contributed by atoms with Gasteiger partial charge < -0.3 is 10.5 Å². The van der Waals surface area contributed by atoms with Crippen LogP contribution in [0.1, 0.15) is 37.7 Å². The molecule has 0 unspecified atom stereocenters. The van der Waals surface area contributed by atoms with Crippen LogP contribution < -0.4 is 10.5 Å². The van der Waals surface area contributed by atoms with E-state index in [0.29, 0.717) is 12.5 Å². The largest absolute Gasteiger partial charge is 0.573 e. The normalized spacial score (nSPS) is 17.8. The van der Waals surface area contributed by atoms with E-state index in [-0.39, 0.29) is 5.75 Å². The Balaban J connectivity index is 2.07. The molecule has 0 saturated heterocycles. The van der Waals surface area contributed by atoms with Gasteiger partial charge in [0.2, 0.25) is 0 Å². The van der Waals surface area contributed by atoms with Gasteiger partial charge >= 0.3 is 6.36 Å². The molecule has 0 heterocycles. The smallest absolute Gasteiger partial charge is 0.406 e. The third-order valence-electron chi connectivity index (χ3n) is 3.83. The predicted octanol–water partition coefficient (Wildman–Crippen LogP) is 4.51. The van der Waals surface area contributed by atoms with Crippen LogP contribution >= 0.6 is 0 Å². The van der Waals surface area contributed by atoms with E-state index < -0.39 is 6.36 Å². The van der Waals surface area contributed by atoms with Crippen LogP contribution in [0.5, 0.6) is 5.75 Å². The Labute approximate surface area is 122 Å². The molecule has 0 amide bonds. The zero-order valence-corrected chi connectivity index (χ0v) is 11.8. The van der Waals surface area contributed by atoms with Gasteiger partial charge in [-0.1, -0.05) is 43.0 Å². The van der Waals surface area contributed by atoms with Crippen molar-refractivity contribution in [2.75, 3.05) is 6.54 Å². The summed E-state index contributed by atoms with van der Waals surface area (Å²) in [4.78, 5) is 0. The van der Waals surface area contributed by atoms with Crippen molar-refractivity contribution in [2.24, 2.45) is 11.7 Å². The van der Waals surface area contributed by atoms with Crippen LogP contribution in [0.3, 0.4) is 0 Å². The lowest BCUT2D eigenvalue weighted by Gasteiger charge is -2.24. The average molecular weight is 299 g/mol. The van der Waals surface area contributed by atoms with Gasteiger partial charge in [-0.3, -0.25) is 0 Å². The SMILES string of the molecule is NC/C(=C/c1ccc(OC(F)(F)F)cc1)C1CCCCC1. The highest BCUT2D eigenvalue weighted by atomic mass is 19.4. The molecule has 21 heavy (non-hydrogen) atoms. The summed E-state index contributed by atoms with van der Waals surface area (Å²) >= 11 is 0. The van der Waals surface area contributed by atoms with Crippen LogP contribution in [0.25, 0.3) is 6.08 Å². The van der Waals surface area contributed by atoms with Crippen LogP contribution in [0.4, 0.5) is 13.2 Å². The first-order chi connectivity index (χ1) is 9.98. The molecule has 0 radical (unpaired) electrons. The molecule has 0 atom stereocenters. The number of benzene rings is 1. The van der Waals surface area contributed by atoms with Crippen molar-refractivity contribution in [1.29, 1.82) is 0 Å². The quantitative estimate of drug-likeness (QED) is 0.888. The van der Waals surface area contributed by atoms with E-state index in [1.807, 2.05) is 6.08 Å². The Kier molecular flexibility index (Phi) is 5.28. The Morgan fingerprint density at radius 3 is 2.29 bits per heavy atom. The summed E-state index contributed by atoms with van der Waals surface area (Å²) in [5, 5.41) is 0. The second kappa shape index (κ2) is 6.98. The first kappa shape index (κ1) is 15.9. The highest BCUT2D eigenvalue weighted by molar-refractivity contribution is 5.55. The van der Waals surface area contributed by atoms with Crippen molar-refractivity contribution in [1.82, 2.24) is 0 Å². The van der Waals surface area contributed by atoms with Gasteiger partial charge in [-0.05, 0) is 36.5 Å². The van der Waals surface area contributed by atoms with Crippen LogP contribution in [0.2, 0.25) is 0 Å². The molecule has 0 bridgehead atoms. The summed E-state index contributed by atoms with van der Waals surface area (Å²) in [5.74, 6) is 0.307. The van der Waals surface area contributed by atoms with Crippen molar-refractivity contribution in [3.63, 3.8) is 0 Å². The van der Waals surface area contributed by atoms with Gasteiger partial charge in [-0.15, -0.1) is 13.2 Å². The molecule has 1 fully saturated rings. The second-order valence-electron chi connectivity index (χ2n) is 5.38. The second-order valence-corrected chi connectivity index (χ2v) is 5.38. The maximum absolute atomic E-state index is 12.1. The number of nitrogens with two attached hydrogens (primary N) is 1. The van der Waals surface area contributed by atoms with Crippen molar-refractivity contribution in [2.45, 2.75) is 38.5 Å². The van der Waals surface area contributed by atoms with E-state index >= 15 is 0 Å². The van der Waals surface area contributed by atoms with E-state index in [2.05, 4.69) is 4.74 Å². The number of rotatable bonds is 4. The van der Waals surface area contributed by atoms with Crippen LogP contribution in [0, 0.1) is 5.92 Å². The zero-order chi connectivity index (χ0) is 15.3. The highest BCUT2D eigenvalue weighted by Gasteiger charge is 2.30. The van der Waals surface area contributed by atoms with Gasteiger partial charge in [0.25, 0.3) is 0 Å². The van der Waals surface area contributed by atoms with Gasteiger partial charge in [0.1, 0.15) is 5.75 Å². The van der Waals surface area contributed by atoms with E-state index in [1.165, 1.54) is 37.0 Å². The minimum atomic E-state index is -4.65. The Bertz CT molecular complexity index is 473. The van der Waals surface area contributed by atoms with E-state index in [4.69, 9.17) is 5.73 Å². The number of hydrogen-bond donors (Lipinski definition) is 1. The molecule has 1 saturated carbocycles. The molecule has 1 aliphatic rings. The molecule has 2 nitrogen and oxygen atoms in total. The summed E-state index contributed by atoms with van der Waals surface area (Å²) < 4.78 is 40.2. The summed E-state index contributed by atoms with van der Waals surface area (Å²) in [7, 11) is 0. The minimum Gasteiger partial charge on any atom is -0.406 e. The molecule has 5 heteroatoms. The maximum Gasteiger partial charge on any atom is 0.573 e. The monoisotopic (exact) mass is 299 g/mol. The van der Waals surface area contributed by atoms with Crippen molar-refractivity contribution in [3.05, 3.63) is 35.4 Å². The molecule has 2 rings (SSSR count). The standard InChI is InChI=1S/C16H20F3NO/c17-16(18,19)21-15-8-6-12(7-9-15)10-14(11-20)13-4-2-1-3-5-13/h6-10,13H,1-5,11,20H2/b14-10-. The van der Waals surface area contributed by atoms with Gasteiger partial charge in [0.05, 0.1) is 0 Å². The van der Waals surface area contributed by atoms with Gasteiger partial charge in [0, 0.05) is 6.54 Å². The molecule has 1 aliphatic carbocycles. The van der Waals surface area contributed by atoms with Crippen LogP contribution in [0.15, 0.2) is 29.8 Å². The van der Waals surface area contributed by atoms with E-state index in [1.54, 1.807) is 12.1 Å². The van der Waals surface area contributed by atoms with Crippen LogP contribution in [-0.2, 0) is 0 Å². The third-order valence-corrected chi connectivity index (χ3v) is 3.83. The van der Waals surface area contributed by atoms with Crippen molar-refractivity contribution >= 4 is 6.08 Å². The number of halogens is 3. The fourth-order valence-corrected chi connectivity index (χ4v) is 2.80. The fraction of sp³-hybridized carbons (Fsp3) is 0.500. The Morgan fingerprint density at radius 1 is 1.14 bits per heavy atom. The molecule has 1 aromatic rings. The Hall–Kier alpha value is -1.49. The fourth-order valence-electron chi connectivity index (χ4n) is 2.80. The molecule has 2 N–H and O–H groups in total. The third kappa shape index (κ3) is 5.08. The van der Waals surface area contributed by atoms with Gasteiger partial charge in [-0.2, -0.15) is 0 Å². The minimum absolute atomic E-state index is 0.202.